The molecule has 1 aromatic rings. The molecule has 0 aliphatic carbocycles. The van der Waals surface area contributed by atoms with Gasteiger partial charge in [0.25, 0.3) is 0 Å². The number of azide groups is 1. The van der Waals surface area contributed by atoms with Gasteiger partial charge in [-0.15, -0.1) is 0 Å². The zero-order valence-corrected chi connectivity index (χ0v) is 11.6. The highest BCUT2D eigenvalue weighted by Gasteiger charge is 2.25. The lowest BCUT2D eigenvalue weighted by atomic mass is 9.86. The van der Waals surface area contributed by atoms with Gasteiger partial charge in [0.15, 0.2) is 0 Å². The van der Waals surface area contributed by atoms with Crippen LogP contribution in [0.1, 0.15) is 25.0 Å². The summed E-state index contributed by atoms with van der Waals surface area (Å²) in [7, 11) is -3.02. The Hall–Kier alpha value is -1.52. The van der Waals surface area contributed by atoms with Gasteiger partial charge in [0.05, 0.1) is 12.3 Å². The van der Waals surface area contributed by atoms with E-state index in [-0.39, 0.29) is 5.75 Å². The normalized spacial score (nSPS) is 11.9. The predicted octanol–water partition coefficient (Wildman–Crippen LogP) is 2.82. The number of rotatable bonds is 5. The van der Waals surface area contributed by atoms with Crippen molar-refractivity contribution in [3.8, 4) is 0 Å². The van der Waals surface area contributed by atoms with E-state index in [0.717, 1.165) is 11.1 Å². The molecule has 0 bridgehead atoms. The average Bonchev–Trinajstić information content (AvgIpc) is 2.23. The van der Waals surface area contributed by atoms with E-state index < -0.39 is 15.3 Å². The Morgan fingerprint density at radius 2 is 1.83 bits per heavy atom. The molecule has 1 aromatic carbocycles. The summed E-state index contributed by atoms with van der Waals surface area (Å²) in [6.45, 7) is 4.11. The van der Waals surface area contributed by atoms with Crippen LogP contribution in [0.5, 0.6) is 0 Å². The summed E-state index contributed by atoms with van der Waals surface area (Å²) in [5.41, 5.74) is 9.67. The standard InChI is InChI=1S/C12H17N3O2S/c1-12(2,9-18(3,16)17)11-6-4-10(5-7-11)8-14-15-13/h4-7H,8-9H2,1-3H3. The van der Waals surface area contributed by atoms with Gasteiger partial charge in [0, 0.05) is 16.6 Å². The van der Waals surface area contributed by atoms with Gasteiger partial charge in [-0.1, -0.05) is 43.2 Å². The molecule has 0 aliphatic rings. The smallest absolute Gasteiger partial charge is 0.148 e. The van der Waals surface area contributed by atoms with Crippen LogP contribution in [0.25, 0.3) is 10.4 Å². The molecule has 0 fully saturated rings. The molecule has 0 spiro atoms. The molecule has 0 radical (unpaired) electrons. The Bertz CT molecular complexity index is 555. The molecule has 0 atom stereocenters. The van der Waals surface area contributed by atoms with Crippen molar-refractivity contribution in [1.82, 2.24) is 0 Å². The van der Waals surface area contributed by atoms with Gasteiger partial charge in [-0.25, -0.2) is 8.42 Å². The van der Waals surface area contributed by atoms with E-state index in [1.54, 1.807) is 0 Å². The fourth-order valence-electron chi connectivity index (χ4n) is 1.91. The lowest BCUT2D eigenvalue weighted by Crippen LogP contribution is -2.27. The zero-order valence-electron chi connectivity index (χ0n) is 10.8. The maximum Gasteiger partial charge on any atom is 0.148 e. The van der Waals surface area contributed by atoms with E-state index in [4.69, 9.17) is 5.53 Å². The van der Waals surface area contributed by atoms with Gasteiger partial charge in [-0.05, 0) is 16.7 Å². The average molecular weight is 267 g/mol. The number of hydrogen-bond acceptors (Lipinski definition) is 3. The molecule has 0 saturated carbocycles. The van der Waals surface area contributed by atoms with Crippen molar-refractivity contribution in [2.75, 3.05) is 12.0 Å². The minimum atomic E-state index is -3.02. The van der Waals surface area contributed by atoms with Crippen LogP contribution in [-0.2, 0) is 21.8 Å². The van der Waals surface area contributed by atoms with Crippen LogP contribution < -0.4 is 0 Å². The van der Waals surface area contributed by atoms with Crippen molar-refractivity contribution < 1.29 is 8.42 Å². The first-order valence-electron chi connectivity index (χ1n) is 5.52. The number of sulfone groups is 1. The van der Waals surface area contributed by atoms with E-state index >= 15 is 0 Å². The molecule has 0 unspecified atom stereocenters. The Balaban J connectivity index is 2.93. The van der Waals surface area contributed by atoms with Crippen molar-refractivity contribution in [3.63, 3.8) is 0 Å². The molecule has 0 N–H and O–H groups in total. The third-order valence-corrected chi connectivity index (χ3v) is 3.92. The molecule has 98 valence electrons. The van der Waals surface area contributed by atoms with Crippen molar-refractivity contribution in [2.24, 2.45) is 5.11 Å². The molecule has 0 saturated heterocycles. The topological polar surface area (TPSA) is 82.9 Å². The summed E-state index contributed by atoms with van der Waals surface area (Å²) >= 11 is 0. The molecule has 6 heteroatoms. The van der Waals surface area contributed by atoms with Crippen molar-refractivity contribution in [3.05, 3.63) is 45.8 Å². The highest BCUT2D eigenvalue weighted by Crippen LogP contribution is 2.25. The largest absolute Gasteiger partial charge is 0.229 e. The Labute approximate surface area is 107 Å². The SMILES string of the molecule is CC(C)(CS(C)(=O)=O)c1ccc(CN=[N+]=[N-])cc1. The van der Waals surface area contributed by atoms with Gasteiger partial charge in [-0.3, -0.25) is 0 Å². The third-order valence-electron chi connectivity index (χ3n) is 2.67. The second kappa shape index (κ2) is 5.42. The molecule has 0 amide bonds. The first kappa shape index (κ1) is 14.5. The number of hydrogen-bond donors (Lipinski definition) is 0. The van der Waals surface area contributed by atoms with E-state index in [9.17, 15) is 8.42 Å². The van der Waals surface area contributed by atoms with E-state index in [0.29, 0.717) is 6.54 Å². The Morgan fingerprint density at radius 1 is 1.28 bits per heavy atom. The van der Waals surface area contributed by atoms with Gasteiger partial charge >= 0.3 is 0 Å². The maximum atomic E-state index is 11.4. The number of benzene rings is 1. The van der Waals surface area contributed by atoms with Crippen LogP contribution in [0.15, 0.2) is 29.4 Å². The highest BCUT2D eigenvalue weighted by atomic mass is 32.2. The van der Waals surface area contributed by atoms with Gasteiger partial charge in [-0.2, -0.15) is 0 Å². The minimum absolute atomic E-state index is 0.107. The van der Waals surface area contributed by atoms with Crippen molar-refractivity contribution >= 4 is 9.84 Å². The Kier molecular flexibility index (Phi) is 4.38. The Morgan fingerprint density at radius 3 is 2.28 bits per heavy atom. The summed E-state index contributed by atoms with van der Waals surface area (Å²) in [6.07, 6.45) is 1.24. The van der Waals surface area contributed by atoms with Crippen LogP contribution in [-0.4, -0.2) is 20.4 Å². The van der Waals surface area contributed by atoms with Crippen LogP contribution >= 0.6 is 0 Å². The summed E-state index contributed by atoms with van der Waals surface area (Å²) in [6, 6.07) is 7.48. The van der Waals surface area contributed by atoms with Crippen LogP contribution in [0.3, 0.4) is 0 Å². The van der Waals surface area contributed by atoms with Crippen molar-refractivity contribution in [1.29, 1.82) is 0 Å². The zero-order chi connectivity index (χ0) is 13.8. The fourth-order valence-corrected chi connectivity index (χ4v) is 3.39. The van der Waals surface area contributed by atoms with Gasteiger partial charge < -0.3 is 0 Å². The second-order valence-corrected chi connectivity index (χ2v) is 7.18. The first-order chi connectivity index (χ1) is 8.24. The minimum Gasteiger partial charge on any atom is -0.229 e. The van der Waals surface area contributed by atoms with Crippen LogP contribution in [0, 0.1) is 0 Å². The number of nitrogens with zero attached hydrogens (tertiary/aromatic N) is 3. The molecular formula is C12H17N3O2S. The summed E-state index contributed by atoms with van der Waals surface area (Å²) in [4.78, 5) is 2.70. The molecule has 0 heterocycles. The lowest BCUT2D eigenvalue weighted by Gasteiger charge is -2.24. The van der Waals surface area contributed by atoms with E-state index in [2.05, 4.69) is 10.0 Å². The molecule has 1 rings (SSSR count). The highest BCUT2D eigenvalue weighted by molar-refractivity contribution is 7.90. The monoisotopic (exact) mass is 267 g/mol. The molecule has 5 nitrogen and oxygen atoms in total. The van der Waals surface area contributed by atoms with Crippen LogP contribution in [0.4, 0.5) is 0 Å². The van der Waals surface area contributed by atoms with Gasteiger partial charge in [0.1, 0.15) is 9.84 Å². The fraction of sp³-hybridized carbons (Fsp3) is 0.500. The maximum absolute atomic E-state index is 11.4. The lowest BCUT2D eigenvalue weighted by molar-refractivity contribution is 0.552. The molecule has 18 heavy (non-hydrogen) atoms. The van der Waals surface area contributed by atoms with Crippen LogP contribution in [0.2, 0.25) is 0 Å². The summed E-state index contributed by atoms with van der Waals surface area (Å²) in [5, 5.41) is 3.48. The quantitative estimate of drug-likeness (QED) is 0.467. The molecule has 0 aromatic heterocycles. The first-order valence-corrected chi connectivity index (χ1v) is 7.59. The summed E-state index contributed by atoms with van der Waals surface area (Å²) < 4.78 is 22.7. The molecular weight excluding hydrogens is 250 g/mol. The predicted molar refractivity (Wildman–Crippen MR) is 72.0 cm³/mol. The van der Waals surface area contributed by atoms with Crippen molar-refractivity contribution in [2.45, 2.75) is 25.8 Å². The molecule has 0 aliphatic heterocycles. The van der Waals surface area contributed by atoms with E-state index in [1.165, 1.54) is 6.26 Å². The second-order valence-electron chi connectivity index (χ2n) is 5.04. The van der Waals surface area contributed by atoms with Gasteiger partial charge in [0.2, 0.25) is 0 Å². The van der Waals surface area contributed by atoms with E-state index in [1.807, 2.05) is 38.1 Å². The summed E-state index contributed by atoms with van der Waals surface area (Å²) in [5.74, 6) is 0.107. The third kappa shape index (κ3) is 4.39.